The fourth-order valence-electron chi connectivity index (χ4n) is 1.30. The molecule has 2 rings (SSSR count). The molecule has 1 aliphatic heterocycles. The second-order valence-corrected chi connectivity index (χ2v) is 2.76. The standard InChI is InChI=1S/C7H11N5/c1-2-10-12-11-6(1)7-5-8-3-4-9-7/h1-2,7-9H,3-5H2. The molecule has 1 aromatic rings. The van der Waals surface area contributed by atoms with Gasteiger partial charge in [0.15, 0.2) is 0 Å². The van der Waals surface area contributed by atoms with Crippen molar-refractivity contribution in [3.05, 3.63) is 18.0 Å². The lowest BCUT2D eigenvalue weighted by molar-refractivity contribution is 0.419. The zero-order valence-corrected chi connectivity index (χ0v) is 6.70. The number of nitrogens with zero attached hydrogens (tertiary/aromatic N) is 3. The maximum atomic E-state index is 3.94. The van der Waals surface area contributed by atoms with Gasteiger partial charge in [0, 0.05) is 19.6 Å². The molecule has 1 fully saturated rings. The molecule has 1 atom stereocenters. The molecule has 1 unspecified atom stereocenters. The number of piperazine rings is 1. The van der Waals surface area contributed by atoms with E-state index < -0.39 is 0 Å². The quantitative estimate of drug-likeness (QED) is 0.565. The topological polar surface area (TPSA) is 62.7 Å². The Morgan fingerprint density at radius 3 is 3.08 bits per heavy atom. The first-order valence-electron chi connectivity index (χ1n) is 4.05. The normalized spacial score (nSPS) is 23.8. The summed E-state index contributed by atoms with van der Waals surface area (Å²) < 4.78 is 0. The van der Waals surface area contributed by atoms with E-state index in [9.17, 15) is 0 Å². The van der Waals surface area contributed by atoms with Crippen molar-refractivity contribution in [2.75, 3.05) is 19.6 Å². The predicted octanol–water partition coefficient (Wildman–Crippen LogP) is -0.895. The largest absolute Gasteiger partial charge is 0.314 e. The van der Waals surface area contributed by atoms with Gasteiger partial charge in [0.05, 0.1) is 17.9 Å². The van der Waals surface area contributed by atoms with E-state index in [-0.39, 0.29) is 6.04 Å². The Bertz CT molecular complexity index is 231. The number of aromatic nitrogens is 3. The van der Waals surface area contributed by atoms with Crippen molar-refractivity contribution in [2.45, 2.75) is 6.04 Å². The summed E-state index contributed by atoms with van der Waals surface area (Å²) in [7, 11) is 0. The van der Waals surface area contributed by atoms with Crippen LogP contribution in [-0.2, 0) is 0 Å². The van der Waals surface area contributed by atoms with E-state index in [4.69, 9.17) is 0 Å². The molecule has 5 heteroatoms. The first-order valence-corrected chi connectivity index (χ1v) is 4.05. The predicted molar refractivity (Wildman–Crippen MR) is 43.4 cm³/mol. The summed E-state index contributed by atoms with van der Waals surface area (Å²) in [4.78, 5) is 0. The average Bonchev–Trinajstić information content (AvgIpc) is 2.21. The maximum absolute atomic E-state index is 3.94. The van der Waals surface area contributed by atoms with Gasteiger partial charge in [-0.25, -0.2) is 0 Å². The second kappa shape index (κ2) is 3.55. The number of nitrogens with one attached hydrogen (secondary N) is 2. The Kier molecular flexibility index (Phi) is 2.24. The van der Waals surface area contributed by atoms with Crippen LogP contribution in [0.1, 0.15) is 11.7 Å². The molecule has 0 amide bonds. The van der Waals surface area contributed by atoms with Crippen molar-refractivity contribution in [3.63, 3.8) is 0 Å². The van der Waals surface area contributed by atoms with Gasteiger partial charge in [-0.1, -0.05) is 0 Å². The SMILES string of the molecule is c1cc(C2CNCCN2)nnn1. The van der Waals surface area contributed by atoms with E-state index in [1.807, 2.05) is 6.07 Å². The van der Waals surface area contributed by atoms with Crippen molar-refractivity contribution in [1.29, 1.82) is 0 Å². The van der Waals surface area contributed by atoms with Crippen molar-refractivity contribution in [3.8, 4) is 0 Å². The van der Waals surface area contributed by atoms with Gasteiger partial charge in [-0.2, -0.15) is 0 Å². The fraction of sp³-hybridized carbons (Fsp3) is 0.571. The van der Waals surface area contributed by atoms with Crippen LogP contribution in [0.3, 0.4) is 0 Å². The third kappa shape index (κ3) is 1.57. The van der Waals surface area contributed by atoms with Crippen LogP contribution in [0, 0.1) is 0 Å². The van der Waals surface area contributed by atoms with Crippen LogP contribution in [0.15, 0.2) is 12.3 Å². The van der Waals surface area contributed by atoms with E-state index in [0.29, 0.717) is 0 Å². The minimum atomic E-state index is 0.286. The molecule has 0 radical (unpaired) electrons. The third-order valence-electron chi connectivity index (χ3n) is 1.92. The van der Waals surface area contributed by atoms with Crippen LogP contribution >= 0.6 is 0 Å². The summed E-state index contributed by atoms with van der Waals surface area (Å²) in [6.07, 6.45) is 1.67. The zero-order chi connectivity index (χ0) is 8.23. The molecule has 0 saturated carbocycles. The summed E-state index contributed by atoms with van der Waals surface area (Å²) in [5.41, 5.74) is 0.956. The Hall–Kier alpha value is -1.07. The molecule has 1 saturated heterocycles. The highest BCUT2D eigenvalue weighted by Crippen LogP contribution is 2.07. The van der Waals surface area contributed by atoms with Crippen LogP contribution < -0.4 is 10.6 Å². The van der Waals surface area contributed by atoms with E-state index in [2.05, 4.69) is 26.0 Å². The molecular weight excluding hydrogens is 154 g/mol. The minimum absolute atomic E-state index is 0.286. The molecule has 0 bridgehead atoms. The van der Waals surface area contributed by atoms with Crippen LogP contribution in [0.4, 0.5) is 0 Å². The average molecular weight is 165 g/mol. The molecule has 0 aromatic carbocycles. The molecule has 2 N–H and O–H groups in total. The van der Waals surface area contributed by atoms with Gasteiger partial charge < -0.3 is 10.6 Å². The van der Waals surface area contributed by atoms with Crippen molar-refractivity contribution in [2.24, 2.45) is 0 Å². The van der Waals surface area contributed by atoms with Gasteiger partial charge in [0.25, 0.3) is 0 Å². The number of hydrogen-bond acceptors (Lipinski definition) is 5. The van der Waals surface area contributed by atoms with Gasteiger partial charge in [-0.3, -0.25) is 0 Å². The molecule has 12 heavy (non-hydrogen) atoms. The van der Waals surface area contributed by atoms with Gasteiger partial charge >= 0.3 is 0 Å². The molecule has 0 spiro atoms. The summed E-state index contributed by atoms with van der Waals surface area (Å²) in [5, 5.41) is 17.8. The summed E-state index contributed by atoms with van der Waals surface area (Å²) in [6.45, 7) is 2.92. The highest BCUT2D eigenvalue weighted by Gasteiger charge is 2.14. The van der Waals surface area contributed by atoms with Crippen LogP contribution in [0.5, 0.6) is 0 Å². The molecule has 2 heterocycles. The number of hydrogen-bond donors (Lipinski definition) is 2. The van der Waals surface area contributed by atoms with Gasteiger partial charge in [-0.15, -0.1) is 10.2 Å². The molecule has 5 nitrogen and oxygen atoms in total. The van der Waals surface area contributed by atoms with Crippen molar-refractivity contribution in [1.82, 2.24) is 26.0 Å². The van der Waals surface area contributed by atoms with Crippen LogP contribution in [0.25, 0.3) is 0 Å². The van der Waals surface area contributed by atoms with Gasteiger partial charge in [-0.05, 0) is 11.3 Å². The van der Waals surface area contributed by atoms with Gasteiger partial charge in [0.2, 0.25) is 0 Å². The lowest BCUT2D eigenvalue weighted by Crippen LogP contribution is -2.43. The van der Waals surface area contributed by atoms with E-state index >= 15 is 0 Å². The first kappa shape index (κ1) is 7.57. The van der Waals surface area contributed by atoms with Crippen molar-refractivity contribution < 1.29 is 0 Å². The third-order valence-corrected chi connectivity index (χ3v) is 1.92. The smallest absolute Gasteiger partial charge is 0.0847 e. The Morgan fingerprint density at radius 1 is 1.42 bits per heavy atom. The minimum Gasteiger partial charge on any atom is -0.314 e. The molecule has 1 aliphatic rings. The summed E-state index contributed by atoms with van der Waals surface area (Å²) >= 11 is 0. The lowest BCUT2D eigenvalue weighted by Gasteiger charge is -2.23. The molecule has 0 aliphatic carbocycles. The van der Waals surface area contributed by atoms with Crippen LogP contribution in [-0.4, -0.2) is 35.0 Å². The van der Waals surface area contributed by atoms with Crippen molar-refractivity contribution >= 4 is 0 Å². The Labute approximate surface area is 70.6 Å². The molecule has 1 aromatic heterocycles. The summed E-state index contributed by atoms with van der Waals surface area (Å²) in [6, 6.07) is 2.17. The van der Waals surface area contributed by atoms with E-state index in [0.717, 1.165) is 25.3 Å². The highest BCUT2D eigenvalue weighted by molar-refractivity contribution is 5.04. The molecule has 64 valence electrons. The van der Waals surface area contributed by atoms with E-state index in [1.165, 1.54) is 0 Å². The summed E-state index contributed by atoms with van der Waals surface area (Å²) in [5.74, 6) is 0. The number of rotatable bonds is 1. The van der Waals surface area contributed by atoms with Crippen LogP contribution in [0.2, 0.25) is 0 Å². The van der Waals surface area contributed by atoms with E-state index in [1.54, 1.807) is 6.20 Å². The van der Waals surface area contributed by atoms with Gasteiger partial charge in [0.1, 0.15) is 0 Å². The molecular formula is C7H11N5. The second-order valence-electron chi connectivity index (χ2n) is 2.76. The first-order chi connectivity index (χ1) is 5.97. The maximum Gasteiger partial charge on any atom is 0.0847 e. The lowest BCUT2D eigenvalue weighted by atomic mass is 10.2. The Balaban J connectivity index is 2.08. The Morgan fingerprint density at radius 2 is 2.42 bits per heavy atom. The zero-order valence-electron chi connectivity index (χ0n) is 6.70. The fourth-order valence-corrected chi connectivity index (χ4v) is 1.30. The highest BCUT2D eigenvalue weighted by atomic mass is 15.3. The monoisotopic (exact) mass is 165 g/mol.